The molecule has 0 radical (unpaired) electrons. The second-order valence-corrected chi connectivity index (χ2v) is 5.51. The maximum absolute atomic E-state index is 8.99. The summed E-state index contributed by atoms with van der Waals surface area (Å²) in [6.45, 7) is 6.92. The summed E-state index contributed by atoms with van der Waals surface area (Å²) in [5.74, 6) is 0.795. The lowest BCUT2D eigenvalue weighted by Crippen LogP contribution is -2.05. The lowest BCUT2D eigenvalue weighted by atomic mass is 10.1. The summed E-state index contributed by atoms with van der Waals surface area (Å²) < 4.78 is 1.88. The molecule has 0 atom stereocenters. The predicted molar refractivity (Wildman–Crippen MR) is 87.9 cm³/mol. The number of nitrogens with two attached hydrogens (primary N) is 2. The highest BCUT2D eigenvalue weighted by atomic mass is 16.3. The molecule has 0 amide bonds. The Balaban J connectivity index is 2.54. The molecule has 1 aromatic carbocycles. The zero-order valence-corrected chi connectivity index (χ0v) is 12.8. The minimum Gasteiger partial charge on any atom is -0.397 e. The number of rotatable bonds is 5. The lowest BCUT2D eigenvalue weighted by Gasteiger charge is -2.08. The number of anilines is 2. The highest BCUT2D eigenvalue weighted by Gasteiger charge is 2.11. The number of aliphatic hydroxyl groups excluding tert-OH is 1. The normalized spacial score (nSPS) is 12.5. The average molecular weight is 289 g/mol. The molecule has 0 bridgehead atoms. The van der Waals surface area contributed by atoms with Crippen molar-refractivity contribution in [2.45, 2.75) is 33.7 Å². The number of aryl methyl sites for hydroxylation is 1. The summed E-state index contributed by atoms with van der Waals surface area (Å²) in [7, 11) is 0. The zero-order valence-electron chi connectivity index (χ0n) is 12.8. The van der Waals surface area contributed by atoms with Gasteiger partial charge in [0.15, 0.2) is 0 Å². The molecule has 1 heterocycles. The van der Waals surface area contributed by atoms with E-state index in [0.29, 0.717) is 30.5 Å². The van der Waals surface area contributed by atoms with Gasteiger partial charge in [0.25, 0.3) is 0 Å². The van der Waals surface area contributed by atoms with Crippen molar-refractivity contribution >= 4 is 34.1 Å². The first-order chi connectivity index (χ1) is 9.93. The van der Waals surface area contributed by atoms with Crippen molar-refractivity contribution in [1.82, 2.24) is 9.55 Å². The fraction of sp³-hybridized carbons (Fsp3) is 0.467. The molecule has 0 saturated carbocycles. The van der Waals surface area contributed by atoms with Gasteiger partial charge in [-0.25, -0.2) is 4.98 Å². The van der Waals surface area contributed by atoms with Crippen molar-refractivity contribution in [3.63, 3.8) is 0 Å². The number of nitrogens with zero attached hydrogens (tertiary/aromatic N) is 3. The molecule has 2 rings (SSSR count). The molecule has 0 aliphatic heterocycles. The molecular formula is C15H23N5O. The van der Waals surface area contributed by atoms with E-state index in [4.69, 9.17) is 16.6 Å². The predicted octanol–water partition coefficient (Wildman–Crippen LogP) is 2.33. The smallest absolute Gasteiger partial charge is 0.201 e. The molecule has 1 aromatic heterocycles. The third-order valence-electron chi connectivity index (χ3n) is 3.60. The molecule has 0 fully saturated rings. The number of hydrogen-bond acceptors (Lipinski definition) is 5. The van der Waals surface area contributed by atoms with Crippen molar-refractivity contribution < 1.29 is 5.11 Å². The van der Waals surface area contributed by atoms with Gasteiger partial charge in [-0.3, -0.25) is 4.99 Å². The van der Waals surface area contributed by atoms with Crippen LogP contribution >= 0.6 is 0 Å². The van der Waals surface area contributed by atoms with E-state index in [1.165, 1.54) is 0 Å². The molecule has 114 valence electrons. The lowest BCUT2D eigenvalue weighted by molar-refractivity contribution is 0.281. The fourth-order valence-corrected chi connectivity index (χ4v) is 2.07. The van der Waals surface area contributed by atoms with E-state index >= 15 is 0 Å². The van der Waals surface area contributed by atoms with Gasteiger partial charge >= 0.3 is 0 Å². The van der Waals surface area contributed by atoms with Gasteiger partial charge in [-0.05, 0) is 31.4 Å². The summed E-state index contributed by atoms with van der Waals surface area (Å²) in [5.41, 5.74) is 16.0. The Kier molecular flexibility index (Phi) is 4.47. The minimum atomic E-state index is 0.117. The summed E-state index contributed by atoms with van der Waals surface area (Å²) >= 11 is 0. The van der Waals surface area contributed by atoms with Crippen molar-refractivity contribution in [3.8, 4) is 0 Å². The molecule has 0 unspecified atom stereocenters. The van der Waals surface area contributed by atoms with Crippen LogP contribution in [0.25, 0.3) is 11.0 Å². The summed E-state index contributed by atoms with van der Waals surface area (Å²) in [4.78, 5) is 8.91. The Morgan fingerprint density at radius 2 is 2.10 bits per heavy atom. The van der Waals surface area contributed by atoms with Crippen LogP contribution in [0.1, 0.15) is 27.2 Å². The molecule has 6 nitrogen and oxygen atoms in total. The van der Waals surface area contributed by atoms with Gasteiger partial charge in [0.05, 0.1) is 22.4 Å². The molecule has 0 aliphatic carbocycles. The number of hydrogen-bond donors (Lipinski definition) is 3. The fourth-order valence-electron chi connectivity index (χ4n) is 2.07. The number of nitrogen functional groups attached to an aromatic ring is 2. The molecule has 0 aliphatic rings. The van der Waals surface area contributed by atoms with Crippen LogP contribution in [-0.2, 0) is 6.54 Å². The van der Waals surface area contributed by atoms with Gasteiger partial charge in [0, 0.05) is 18.9 Å². The Morgan fingerprint density at radius 1 is 1.38 bits per heavy atom. The van der Waals surface area contributed by atoms with Crippen molar-refractivity contribution in [2.24, 2.45) is 10.9 Å². The van der Waals surface area contributed by atoms with Crippen molar-refractivity contribution in [1.29, 1.82) is 0 Å². The molecule has 0 spiro atoms. The Morgan fingerprint density at radius 3 is 2.71 bits per heavy atom. The van der Waals surface area contributed by atoms with Gasteiger partial charge in [-0.15, -0.1) is 0 Å². The molecule has 5 N–H and O–H groups in total. The highest BCUT2D eigenvalue weighted by molar-refractivity contribution is 5.92. The highest BCUT2D eigenvalue weighted by Crippen LogP contribution is 2.30. The van der Waals surface area contributed by atoms with Crippen LogP contribution in [0.3, 0.4) is 0 Å². The Hall–Kier alpha value is -2.08. The zero-order chi connectivity index (χ0) is 15.6. The number of imidazole rings is 1. The molecule has 21 heavy (non-hydrogen) atoms. The minimum absolute atomic E-state index is 0.117. The number of aliphatic hydroxyl groups is 1. The topological polar surface area (TPSA) is 102 Å². The molecule has 2 aromatic rings. The molecule has 6 heteroatoms. The summed E-state index contributed by atoms with van der Waals surface area (Å²) in [6.07, 6.45) is 0.629. The number of benzene rings is 1. The van der Waals surface area contributed by atoms with Crippen LogP contribution in [-0.4, -0.2) is 27.0 Å². The van der Waals surface area contributed by atoms with Crippen LogP contribution < -0.4 is 11.5 Å². The molecule has 0 saturated heterocycles. The van der Waals surface area contributed by atoms with Crippen LogP contribution in [0.4, 0.5) is 17.3 Å². The largest absolute Gasteiger partial charge is 0.397 e. The van der Waals surface area contributed by atoms with Crippen LogP contribution in [0, 0.1) is 5.92 Å². The Labute approximate surface area is 124 Å². The first-order valence-electron chi connectivity index (χ1n) is 7.15. The second kappa shape index (κ2) is 6.13. The van der Waals surface area contributed by atoms with E-state index in [-0.39, 0.29) is 6.61 Å². The monoisotopic (exact) mass is 289 g/mol. The van der Waals surface area contributed by atoms with Gasteiger partial charge in [0.1, 0.15) is 0 Å². The van der Waals surface area contributed by atoms with E-state index in [2.05, 4.69) is 23.8 Å². The Bertz CT molecular complexity index is 672. The summed E-state index contributed by atoms with van der Waals surface area (Å²) in [5, 5.41) is 8.99. The second-order valence-electron chi connectivity index (χ2n) is 5.51. The number of fused-ring (bicyclic) bond motifs is 1. The third kappa shape index (κ3) is 3.16. The van der Waals surface area contributed by atoms with Gasteiger partial charge in [-0.1, -0.05) is 13.8 Å². The van der Waals surface area contributed by atoms with E-state index in [1.54, 1.807) is 6.07 Å². The van der Waals surface area contributed by atoms with Crippen LogP contribution in [0.5, 0.6) is 0 Å². The SMILES string of the molecule is CC(=Nc1cc2c(cc1N)nc(N)n2CCCO)C(C)C. The van der Waals surface area contributed by atoms with E-state index in [9.17, 15) is 0 Å². The van der Waals surface area contributed by atoms with Gasteiger partial charge < -0.3 is 21.1 Å². The maximum atomic E-state index is 8.99. The quantitative estimate of drug-likeness (QED) is 0.580. The van der Waals surface area contributed by atoms with Gasteiger partial charge in [0.2, 0.25) is 5.95 Å². The maximum Gasteiger partial charge on any atom is 0.201 e. The van der Waals surface area contributed by atoms with Crippen molar-refractivity contribution in [3.05, 3.63) is 12.1 Å². The average Bonchev–Trinajstić information content (AvgIpc) is 2.71. The van der Waals surface area contributed by atoms with E-state index in [1.807, 2.05) is 17.6 Å². The number of aliphatic imine (C=N–C) groups is 1. The first kappa shape index (κ1) is 15.3. The van der Waals surface area contributed by atoms with E-state index < -0.39 is 0 Å². The van der Waals surface area contributed by atoms with E-state index in [0.717, 1.165) is 22.4 Å². The molecular weight excluding hydrogens is 266 g/mol. The standard InChI is InChI=1S/C15H23N5O/c1-9(2)10(3)18-12-8-14-13(7-11(12)16)19-15(17)20(14)5-4-6-21/h7-9,21H,4-6,16H2,1-3H3,(H2,17,19). The van der Waals surface area contributed by atoms with Gasteiger partial charge in [-0.2, -0.15) is 0 Å². The van der Waals surface area contributed by atoms with Crippen LogP contribution in [0.2, 0.25) is 0 Å². The number of aromatic nitrogens is 2. The third-order valence-corrected chi connectivity index (χ3v) is 3.60. The summed E-state index contributed by atoms with van der Waals surface area (Å²) in [6, 6.07) is 3.71. The van der Waals surface area contributed by atoms with Crippen LogP contribution in [0.15, 0.2) is 17.1 Å². The van der Waals surface area contributed by atoms with Crippen molar-refractivity contribution in [2.75, 3.05) is 18.1 Å². The first-order valence-corrected chi connectivity index (χ1v) is 7.15.